The lowest BCUT2D eigenvalue weighted by Crippen LogP contribution is -2.52. The zero-order chi connectivity index (χ0) is 24.5. The van der Waals surface area contributed by atoms with E-state index in [-0.39, 0.29) is 36.8 Å². The van der Waals surface area contributed by atoms with Crippen molar-refractivity contribution in [2.45, 2.75) is 50.6 Å². The number of benzene rings is 2. The van der Waals surface area contributed by atoms with Crippen molar-refractivity contribution in [1.82, 2.24) is 15.1 Å². The summed E-state index contributed by atoms with van der Waals surface area (Å²) in [5, 5.41) is 2.32. The van der Waals surface area contributed by atoms with E-state index in [4.69, 9.17) is 25.2 Å². The molecular weight excluding hydrogens is 444 g/mol. The number of fused-ring (bicyclic) bond motifs is 1. The number of hydrogen-bond donors (Lipinski definition) is 1. The molecular formula is C25H25B2N3O5. The topological polar surface area (TPSA) is 88.2 Å². The van der Waals surface area contributed by atoms with Crippen LogP contribution in [-0.4, -0.2) is 74.4 Å². The molecule has 4 radical (unpaired) electrons. The van der Waals surface area contributed by atoms with Gasteiger partial charge in [0.2, 0.25) is 11.8 Å². The number of amides is 3. The van der Waals surface area contributed by atoms with Crippen LogP contribution in [0.3, 0.4) is 0 Å². The molecule has 0 spiro atoms. The molecule has 35 heavy (non-hydrogen) atoms. The number of rotatable bonds is 6. The lowest BCUT2D eigenvalue weighted by molar-refractivity contribution is -0.136. The Hall–Kier alpha value is -3.10. The fourth-order valence-electron chi connectivity index (χ4n) is 4.88. The molecule has 3 unspecified atom stereocenters. The molecule has 2 fully saturated rings. The summed E-state index contributed by atoms with van der Waals surface area (Å²) in [6.07, 6.45) is 0.552. The van der Waals surface area contributed by atoms with Crippen LogP contribution in [0.1, 0.15) is 39.9 Å². The van der Waals surface area contributed by atoms with Crippen molar-refractivity contribution in [2.75, 3.05) is 13.1 Å². The quantitative estimate of drug-likeness (QED) is 0.499. The van der Waals surface area contributed by atoms with Crippen molar-refractivity contribution in [1.29, 1.82) is 0 Å². The summed E-state index contributed by atoms with van der Waals surface area (Å²) in [5.74, 6) is -0.327. The number of nitrogens with one attached hydrogen (secondary N) is 1. The van der Waals surface area contributed by atoms with E-state index in [0.29, 0.717) is 37.4 Å². The molecule has 0 aromatic heterocycles. The summed E-state index contributed by atoms with van der Waals surface area (Å²) >= 11 is 0. The monoisotopic (exact) mass is 469 g/mol. The van der Waals surface area contributed by atoms with Gasteiger partial charge in [-0.1, -0.05) is 30.3 Å². The van der Waals surface area contributed by atoms with E-state index >= 15 is 0 Å². The maximum atomic E-state index is 13.0. The fourth-order valence-corrected chi connectivity index (χ4v) is 4.88. The van der Waals surface area contributed by atoms with Crippen molar-refractivity contribution in [3.05, 3.63) is 64.7 Å². The van der Waals surface area contributed by atoms with Gasteiger partial charge in [-0.05, 0) is 29.7 Å². The van der Waals surface area contributed by atoms with Gasteiger partial charge in [-0.25, -0.2) is 0 Å². The standard InChI is InChI=1S/C25H25B2N3O5/c26-21-12-29(13-22(27)35-21)10-15-4-6-16(7-5-15)14-34-20-3-1-2-17-18(20)11-30(25(17)33)19-8-9-23(31)28-24(19)32/h1-7,19,21-22H,8-14H2,(H,28,31,32). The van der Waals surface area contributed by atoms with Crippen LogP contribution in [0.25, 0.3) is 0 Å². The molecule has 1 N–H and O–H groups in total. The van der Waals surface area contributed by atoms with Crippen LogP contribution in [0.2, 0.25) is 0 Å². The van der Waals surface area contributed by atoms with E-state index < -0.39 is 11.9 Å². The molecule has 176 valence electrons. The highest BCUT2D eigenvalue weighted by Crippen LogP contribution is 2.34. The normalized spacial score (nSPS) is 24.9. The summed E-state index contributed by atoms with van der Waals surface area (Å²) in [6, 6.07) is 12.1. The highest BCUT2D eigenvalue weighted by Gasteiger charge is 2.40. The summed E-state index contributed by atoms with van der Waals surface area (Å²) in [4.78, 5) is 40.4. The molecule has 2 saturated heterocycles. The highest BCUT2D eigenvalue weighted by atomic mass is 16.5. The molecule has 0 aliphatic carbocycles. The predicted molar refractivity (Wildman–Crippen MR) is 129 cm³/mol. The van der Waals surface area contributed by atoms with Gasteiger partial charge in [0.15, 0.2) is 0 Å². The minimum atomic E-state index is -0.649. The van der Waals surface area contributed by atoms with Crippen molar-refractivity contribution >= 4 is 33.4 Å². The van der Waals surface area contributed by atoms with Gasteiger partial charge < -0.3 is 14.4 Å². The summed E-state index contributed by atoms with van der Waals surface area (Å²) in [5.41, 5.74) is 3.43. The van der Waals surface area contributed by atoms with Crippen molar-refractivity contribution in [3.8, 4) is 5.75 Å². The van der Waals surface area contributed by atoms with Crippen LogP contribution in [0.15, 0.2) is 42.5 Å². The molecule has 3 aliphatic rings. The first-order chi connectivity index (χ1) is 16.9. The van der Waals surface area contributed by atoms with E-state index in [9.17, 15) is 14.4 Å². The second-order valence-corrected chi connectivity index (χ2v) is 9.19. The van der Waals surface area contributed by atoms with E-state index in [0.717, 1.165) is 23.2 Å². The Kier molecular flexibility index (Phi) is 6.67. The number of nitrogens with zero attached hydrogens (tertiary/aromatic N) is 2. The Morgan fingerprint density at radius 3 is 2.43 bits per heavy atom. The van der Waals surface area contributed by atoms with Gasteiger partial charge in [0.05, 0.1) is 6.54 Å². The third kappa shape index (κ3) is 5.13. The van der Waals surface area contributed by atoms with E-state index in [1.807, 2.05) is 18.2 Å². The molecule has 3 atom stereocenters. The Bertz CT molecular complexity index is 1130. The fraction of sp³-hybridized carbons (Fsp3) is 0.400. The Morgan fingerprint density at radius 1 is 1.00 bits per heavy atom. The third-order valence-corrected chi connectivity index (χ3v) is 6.59. The molecule has 2 aromatic rings. The Morgan fingerprint density at radius 2 is 1.71 bits per heavy atom. The predicted octanol–water partition coefficient (Wildman–Crippen LogP) is 0.848. The van der Waals surface area contributed by atoms with Gasteiger partial charge in [-0.2, -0.15) is 0 Å². The van der Waals surface area contributed by atoms with E-state index in [1.165, 1.54) is 4.90 Å². The molecule has 3 heterocycles. The second-order valence-electron chi connectivity index (χ2n) is 9.19. The van der Waals surface area contributed by atoms with Crippen LogP contribution in [0.4, 0.5) is 0 Å². The molecule has 5 rings (SSSR count). The maximum absolute atomic E-state index is 13.0. The molecule has 10 heteroatoms. The van der Waals surface area contributed by atoms with Gasteiger partial charge in [0, 0.05) is 49.2 Å². The van der Waals surface area contributed by atoms with Crippen molar-refractivity contribution in [2.24, 2.45) is 0 Å². The molecule has 0 bridgehead atoms. The number of ether oxygens (including phenoxy) is 2. The second kappa shape index (κ2) is 9.87. The van der Waals surface area contributed by atoms with Gasteiger partial charge >= 0.3 is 0 Å². The van der Waals surface area contributed by atoms with Crippen LogP contribution in [0, 0.1) is 0 Å². The highest BCUT2D eigenvalue weighted by molar-refractivity contribution is 6.13. The number of carbonyl (C=O) groups is 3. The molecule has 0 saturated carbocycles. The number of morpholine rings is 1. The largest absolute Gasteiger partial charge is 0.489 e. The van der Waals surface area contributed by atoms with Crippen LogP contribution in [-0.2, 0) is 34.0 Å². The lowest BCUT2D eigenvalue weighted by atomic mass is 9.91. The number of carbonyl (C=O) groups excluding carboxylic acids is 3. The SMILES string of the molecule is [B]C1CN(Cc2ccc(COc3cccc4c3CN(C3CCC(=O)NC3=O)C4=O)cc2)CC([B])O1. The van der Waals surface area contributed by atoms with Crippen LogP contribution < -0.4 is 10.1 Å². The van der Waals surface area contributed by atoms with E-state index in [1.54, 1.807) is 12.1 Å². The van der Waals surface area contributed by atoms with Crippen LogP contribution >= 0.6 is 0 Å². The average Bonchev–Trinajstić information content (AvgIpc) is 3.15. The summed E-state index contributed by atoms with van der Waals surface area (Å²) in [6.45, 7) is 2.62. The molecule has 3 aliphatic heterocycles. The Labute approximate surface area is 206 Å². The summed E-state index contributed by atoms with van der Waals surface area (Å²) in [7, 11) is 11.8. The maximum Gasteiger partial charge on any atom is 0.255 e. The third-order valence-electron chi connectivity index (χ3n) is 6.59. The van der Waals surface area contributed by atoms with Gasteiger partial charge in [-0.15, -0.1) is 0 Å². The van der Waals surface area contributed by atoms with E-state index in [2.05, 4.69) is 22.3 Å². The zero-order valence-corrected chi connectivity index (χ0v) is 19.3. The minimum absolute atomic E-state index is 0.216. The number of hydrogen-bond acceptors (Lipinski definition) is 6. The lowest BCUT2D eigenvalue weighted by Gasteiger charge is -2.36. The van der Waals surface area contributed by atoms with Crippen molar-refractivity contribution in [3.63, 3.8) is 0 Å². The first-order valence-electron chi connectivity index (χ1n) is 11.7. The zero-order valence-electron chi connectivity index (χ0n) is 19.3. The first-order valence-corrected chi connectivity index (χ1v) is 11.7. The molecule has 8 nitrogen and oxygen atoms in total. The molecule has 3 amide bonds. The van der Waals surface area contributed by atoms with Gasteiger partial charge in [0.25, 0.3) is 5.91 Å². The van der Waals surface area contributed by atoms with Gasteiger partial charge in [-0.3, -0.25) is 24.6 Å². The number of piperidine rings is 1. The van der Waals surface area contributed by atoms with Gasteiger partial charge in [0.1, 0.15) is 34.1 Å². The molecule has 2 aromatic carbocycles. The average molecular weight is 469 g/mol. The Balaban J connectivity index is 1.21. The smallest absolute Gasteiger partial charge is 0.255 e. The van der Waals surface area contributed by atoms with Crippen LogP contribution in [0.5, 0.6) is 5.75 Å². The summed E-state index contributed by atoms with van der Waals surface area (Å²) < 4.78 is 11.5. The first kappa shape index (κ1) is 23.6. The van der Waals surface area contributed by atoms with Crippen molar-refractivity contribution < 1.29 is 23.9 Å². The number of imide groups is 1. The minimum Gasteiger partial charge on any atom is -0.489 e.